The number of nitrogens with zero attached hydrogens (tertiary/aromatic N) is 1. The third-order valence-corrected chi connectivity index (χ3v) is 4.70. The zero-order chi connectivity index (χ0) is 16.4. The maximum absolute atomic E-state index is 13.8. The number of allylic oxidation sites excluding steroid dienone is 1. The van der Waals surface area contributed by atoms with E-state index >= 15 is 0 Å². The van der Waals surface area contributed by atoms with Gasteiger partial charge >= 0.3 is 0 Å². The lowest BCUT2D eigenvalue weighted by Crippen LogP contribution is -2.10. The Balaban J connectivity index is 2.15. The SMILES string of the molecule is Cc1ccc2c(c1)C=C(C#CCN(C)C)c1cc(F)ccc1S2. The summed E-state index contributed by atoms with van der Waals surface area (Å²) in [4.78, 5) is 4.23. The molecule has 0 bridgehead atoms. The van der Waals surface area contributed by atoms with Gasteiger partial charge in [0.1, 0.15) is 5.82 Å². The van der Waals surface area contributed by atoms with Crippen LogP contribution in [0.15, 0.2) is 46.2 Å². The van der Waals surface area contributed by atoms with Crippen LogP contribution in [0.4, 0.5) is 4.39 Å². The Kier molecular flexibility index (Phi) is 4.56. The fourth-order valence-corrected chi connectivity index (χ4v) is 3.45. The summed E-state index contributed by atoms with van der Waals surface area (Å²) in [5.74, 6) is 6.16. The highest BCUT2D eigenvalue weighted by Gasteiger charge is 2.16. The third kappa shape index (κ3) is 3.67. The van der Waals surface area contributed by atoms with Gasteiger partial charge in [-0.2, -0.15) is 0 Å². The molecule has 1 aliphatic heterocycles. The maximum atomic E-state index is 13.8. The van der Waals surface area contributed by atoms with Crippen molar-refractivity contribution in [3.63, 3.8) is 0 Å². The zero-order valence-electron chi connectivity index (χ0n) is 13.5. The molecular weight excluding hydrogens is 305 g/mol. The molecule has 3 heteroatoms. The van der Waals surface area contributed by atoms with Crippen molar-refractivity contribution in [2.45, 2.75) is 16.7 Å². The molecule has 0 saturated carbocycles. The maximum Gasteiger partial charge on any atom is 0.123 e. The molecule has 1 aliphatic rings. The van der Waals surface area contributed by atoms with Gasteiger partial charge in [0.05, 0.1) is 6.54 Å². The molecule has 2 aromatic carbocycles. The van der Waals surface area contributed by atoms with Crippen LogP contribution >= 0.6 is 11.8 Å². The van der Waals surface area contributed by atoms with Crippen molar-refractivity contribution in [1.82, 2.24) is 4.90 Å². The first-order valence-electron chi connectivity index (χ1n) is 7.46. The second-order valence-corrected chi connectivity index (χ2v) is 6.97. The Bertz CT molecular complexity index is 840. The normalized spacial score (nSPS) is 12.7. The average Bonchev–Trinajstić information content (AvgIpc) is 2.63. The number of aryl methyl sites for hydroxylation is 1. The molecule has 0 fully saturated rings. The molecule has 1 nitrogen and oxygen atoms in total. The Labute approximate surface area is 141 Å². The van der Waals surface area contributed by atoms with Crippen LogP contribution in [0.1, 0.15) is 16.7 Å². The van der Waals surface area contributed by atoms with Crippen LogP contribution in [0.3, 0.4) is 0 Å². The van der Waals surface area contributed by atoms with Crippen molar-refractivity contribution in [2.24, 2.45) is 0 Å². The lowest BCUT2D eigenvalue weighted by atomic mass is 10.0. The zero-order valence-corrected chi connectivity index (χ0v) is 14.3. The van der Waals surface area contributed by atoms with Crippen molar-refractivity contribution in [1.29, 1.82) is 0 Å². The molecule has 2 aromatic rings. The van der Waals surface area contributed by atoms with Gasteiger partial charge in [-0.3, -0.25) is 4.90 Å². The largest absolute Gasteiger partial charge is 0.299 e. The molecule has 0 atom stereocenters. The van der Waals surface area contributed by atoms with Crippen molar-refractivity contribution in [2.75, 3.05) is 20.6 Å². The van der Waals surface area contributed by atoms with E-state index in [9.17, 15) is 4.39 Å². The molecule has 0 unspecified atom stereocenters. The van der Waals surface area contributed by atoms with Crippen LogP contribution in [0.5, 0.6) is 0 Å². The molecular formula is C20H18FNS. The van der Waals surface area contributed by atoms with E-state index in [1.165, 1.54) is 16.5 Å². The second kappa shape index (κ2) is 6.62. The van der Waals surface area contributed by atoms with Gasteiger partial charge in [0.2, 0.25) is 0 Å². The number of rotatable bonds is 1. The number of hydrogen-bond acceptors (Lipinski definition) is 2. The predicted octanol–water partition coefficient (Wildman–Crippen LogP) is 4.70. The third-order valence-electron chi connectivity index (χ3n) is 3.54. The van der Waals surface area contributed by atoms with E-state index in [1.54, 1.807) is 17.8 Å². The summed E-state index contributed by atoms with van der Waals surface area (Å²) in [6.07, 6.45) is 2.07. The van der Waals surface area contributed by atoms with Crippen molar-refractivity contribution in [3.05, 3.63) is 58.9 Å². The molecule has 0 N–H and O–H groups in total. The number of halogens is 1. The first kappa shape index (κ1) is 15.9. The molecule has 0 saturated heterocycles. The van der Waals surface area contributed by atoms with Gasteiger partial charge in [-0.1, -0.05) is 41.3 Å². The Hall–Kier alpha value is -2.02. The summed E-state index contributed by atoms with van der Waals surface area (Å²) in [6, 6.07) is 11.3. The predicted molar refractivity (Wildman–Crippen MR) is 95.9 cm³/mol. The van der Waals surface area contributed by atoms with Gasteiger partial charge in [0.25, 0.3) is 0 Å². The van der Waals surface area contributed by atoms with E-state index in [-0.39, 0.29) is 5.82 Å². The van der Waals surface area contributed by atoms with E-state index in [2.05, 4.69) is 43.0 Å². The summed E-state index contributed by atoms with van der Waals surface area (Å²) >= 11 is 1.67. The van der Waals surface area contributed by atoms with Crippen molar-refractivity contribution >= 4 is 23.4 Å². The highest BCUT2D eigenvalue weighted by Crippen LogP contribution is 2.40. The summed E-state index contributed by atoms with van der Waals surface area (Å²) in [7, 11) is 3.97. The fraction of sp³-hybridized carbons (Fsp3) is 0.200. The minimum Gasteiger partial charge on any atom is -0.299 e. The second-order valence-electron chi connectivity index (χ2n) is 5.88. The molecule has 116 valence electrons. The van der Waals surface area contributed by atoms with Crippen LogP contribution in [-0.2, 0) is 0 Å². The molecule has 0 radical (unpaired) electrons. The van der Waals surface area contributed by atoms with E-state index in [1.807, 2.05) is 25.1 Å². The molecule has 0 amide bonds. The molecule has 0 spiro atoms. The highest BCUT2D eigenvalue weighted by atomic mass is 32.2. The lowest BCUT2D eigenvalue weighted by Gasteiger charge is -2.07. The lowest BCUT2D eigenvalue weighted by molar-refractivity contribution is 0.464. The summed E-state index contributed by atoms with van der Waals surface area (Å²) in [5, 5.41) is 0. The number of fused-ring (bicyclic) bond motifs is 2. The Morgan fingerprint density at radius 1 is 1.09 bits per heavy atom. The smallest absolute Gasteiger partial charge is 0.123 e. The van der Waals surface area contributed by atoms with Crippen LogP contribution < -0.4 is 0 Å². The number of benzene rings is 2. The summed E-state index contributed by atoms with van der Waals surface area (Å²) in [5.41, 5.74) is 4.09. The van der Waals surface area contributed by atoms with Gasteiger partial charge < -0.3 is 0 Å². The fourth-order valence-electron chi connectivity index (χ4n) is 2.42. The first-order valence-corrected chi connectivity index (χ1v) is 8.28. The number of hydrogen-bond donors (Lipinski definition) is 0. The molecule has 1 heterocycles. The van der Waals surface area contributed by atoms with Crippen LogP contribution in [-0.4, -0.2) is 25.5 Å². The van der Waals surface area contributed by atoms with Gasteiger partial charge in [-0.25, -0.2) is 4.39 Å². The van der Waals surface area contributed by atoms with E-state index < -0.39 is 0 Å². The minimum absolute atomic E-state index is 0.230. The molecule has 0 aliphatic carbocycles. The van der Waals surface area contributed by atoms with Gasteiger partial charge in [-0.05, 0) is 56.9 Å². The van der Waals surface area contributed by atoms with Gasteiger partial charge in [-0.15, -0.1) is 0 Å². The summed E-state index contributed by atoms with van der Waals surface area (Å²) in [6.45, 7) is 2.75. The van der Waals surface area contributed by atoms with Crippen LogP contribution in [0, 0.1) is 24.6 Å². The molecule has 3 rings (SSSR count). The van der Waals surface area contributed by atoms with Crippen LogP contribution in [0.2, 0.25) is 0 Å². The van der Waals surface area contributed by atoms with E-state index in [0.717, 1.165) is 21.6 Å². The average molecular weight is 323 g/mol. The summed E-state index contributed by atoms with van der Waals surface area (Å²) < 4.78 is 13.8. The standard InChI is InChI=1S/C20H18FNS/c1-14-6-8-19-16(11-14)12-15(5-4-10-22(2)3)18-13-17(21)7-9-20(18)23-19/h6-9,11-13H,10H2,1-3H3. The van der Waals surface area contributed by atoms with E-state index in [4.69, 9.17) is 0 Å². The van der Waals surface area contributed by atoms with Gasteiger partial charge in [0, 0.05) is 20.9 Å². The van der Waals surface area contributed by atoms with Crippen molar-refractivity contribution < 1.29 is 4.39 Å². The molecule has 0 aromatic heterocycles. The Morgan fingerprint density at radius 2 is 1.87 bits per heavy atom. The first-order chi connectivity index (χ1) is 11.0. The van der Waals surface area contributed by atoms with Crippen molar-refractivity contribution in [3.8, 4) is 11.8 Å². The minimum atomic E-state index is -0.230. The topological polar surface area (TPSA) is 3.24 Å². The quantitative estimate of drug-likeness (QED) is 0.700. The van der Waals surface area contributed by atoms with Crippen LogP contribution in [0.25, 0.3) is 11.6 Å². The Morgan fingerprint density at radius 3 is 2.65 bits per heavy atom. The highest BCUT2D eigenvalue weighted by molar-refractivity contribution is 7.99. The van der Waals surface area contributed by atoms with E-state index in [0.29, 0.717) is 6.54 Å². The molecule has 23 heavy (non-hydrogen) atoms. The monoisotopic (exact) mass is 323 g/mol. The van der Waals surface area contributed by atoms with Gasteiger partial charge in [0.15, 0.2) is 0 Å².